The van der Waals surface area contributed by atoms with E-state index in [2.05, 4.69) is 25.9 Å². The molecule has 8 nitrogen and oxygen atoms in total. The van der Waals surface area contributed by atoms with E-state index >= 15 is 0 Å². The molecule has 0 fully saturated rings. The van der Waals surface area contributed by atoms with Crippen molar-refractivity contribution in [3.8, 4) is 11.4 Å². The van der Waals surface area contributed by atoms with Crippen LogP contribution in [0.4, 0.5) is 5.69 Å². The molecule has 0 bridgehead atoms. The fraction of sp³-hybridized carbons (Fsp3) is 0.0556. The lowest BCUT2D eigenvalue weighted by molar-refractivity contribution is -0.115. The maximum Gasteiger partial charge on any atom is 0.228 e. The Kier molecular flexibility index (Phi) is 4.21. The average Bonchev–Trinajstić information content (AvgIpc) is 3.37. The Balaban J connectivity index is 1.38. The Hall–Kier alpha value is -3.81. The van der Waals surface area contributed by atoms with Gasteiger partial charge in [0.05, 0.1) is 17.8 Å². The van der Waals surface area contributed by atoms with Gasteiger partial charge in [-0.3, -0.25) is 4.79 Å². The second kappa shape index (κ2) is 6.98. The normalized spacial score (nSPS) is 10.6. The minimum Gasteiger partial charge on any atom is -0.326 e. The van der Waals surface area contributed by atoms with Crippen molar-refractivity contribution in [3.05, 3.63) is 78.9 Å². The Morgan fingerprint density at radius 2 is 1.69 bits per heavy atom. The first-order valence-electron chi connectivity index (χ1n) is 8.00. The standard InChI is InChI=1S/C18H15N7O/c26-18(12-14-2-6-17(7-3-14)25-13-19-22-23-25)21-15-4-8-16(9-5-15)24-11-1-10-20-24/h1-11,13H,12H2,(H,21,26). The second-order valence-corrected chi connectivity index (χ2v) is 5.64. The topological polar surface area (TPSA) is 90.5 Å². The number of rotatable bonds is 5. The number of anilines is 1. The number of carbonyl (C=O) groups is 1. The van der Waals surface area contributed by atoms with Gasteiger partial charge in [-0.15, -0.1) is 5.10 Å². The molecule has 0 saturated carbocycles. The van der Waals surface area contributed by atoms with Gasteiger partial charge in [-0.2, -0.15) is 5.10 Å². The maximum atomic E-state index is 12.2. The third-order valence-corrected chi connectivity index (χ3v) is 3.83. The predicted molar refractivity (Wildman–Crippen MR) is 95.1 cm³/mol. The van der Waals surface area contributed by atoms with E-state index in [1.165, 1.54) is 6.33 Å². The lowest BCUT2D eigenvalue weighted by Crippen LogP contribution is -2.14. The second-order valence-electron chi connectivity index (χ2n) is 5.64. The zero-order chi connectivity index (χ0) is 17.8. The Morgan fingerprint density at radius 3 is 2.35 bits per heavy atom. The summed E-state index contributed by atoms with van der Waals surface area (Å²) >= 11 is 0. The molecule has 0 aliphatic rings. The van der Waals surface area contributed by atoms with Crippen LogP contribution in [0.15, 0.2) is 73.3 Å². The van der Waals surface area contributed by atoms with Crippen molar-refractivity contribution in [2.45, 2.75) is 6.42 Å². The Labute approximate surface area is 149 Å². The van der Waals surface area contributed by atoms with E-state index < -0.39 is 0 Å². The lowest BCUT2D eigenvalue weighted by Gasteiger charge is -2.07. The SMILES string of the molecule is O=C(Cc1ccc(-n2cnnn2)cc1)Nc1ccc(-n2cccn2)cc1. The van der Waals surface area contributed by atoms with Gasteiger partial charge >= 0.3 is 0 Å². The molecule has 0 unspecified atom stereocenters. The van der Waals surface area contributed by atoms with Crippen LogP contribution < -0.4 is 5.32 Å². The summed E-state index contributed by atoms with van der Waals surface area (Å²) in [5.41, 5.74) is 3.43. The zero-order valence-corrected chi connectivity index (χ0v) is 13.7. The van der Waals surface area contributed by atoms with Crippen LogP contribution in [0, 0.1) is 0 Å². The van der Waals surface area contributed by atoms with Crippen LogP contribution in [0.5, 0.6) is 0 Å². The molecule has 128 valence electrons. The van der Waals surface area contributed by atoms with Crippen LogP contribution in [0.2, 0.25) is 0 Å². The molecular weight excluding hydrogens is 330 g/mol. The molecule has 1 N–H and O–H groups in total. The molecule has 4 rings (SSSR count). The van der Waals surface area contributed by atoms with Crippen molar-refractivity contribution >= 4 is 11.6 Å². The zero-order valence-electron chi connectivity index (χ0n) is 13.7. The molecule has 0 atom stereocenters. The van der Waals surface area contributed by atoms with E-state index in [0.717, 1.165) is 22.6 Å². The van der Waals surface area contributed by atoms with Crippen LogP contribution >= 0.6 is 0 Å². The molecule has 2 aromatic heterocycles. The quantitative estimate of drug-likeness (QED) is 0.598. The first-order valence-corrected chi connectivity index (χ1v) is 8.00. The smallest absolute Gasteiger partial charge is 0.228 e. The van der Waals surface area contributed by atoms with Crippen LogP contribution in [-0.2, 0) is 11.2 Å². The van der Waals surface area contributed by atoms with E-state index in [1.807, 2.05) is 60.8 Å². The molecule has 8 heteroatoms. The molecule has 0 aliphatic carbocycles. The van der Waals surface area contributed by atoms with Gasteiger partial charge in [0.2, 0.25) is 5.91 Å². The number of hydrogen-bond donors (Lipinski definition) is 1. The number of hydrogen-bond acceptors (Lipinski definition) is 5. The molecule has 0 saturated heterocycles. The van der Waals surface area contributed by atoms with Crippen LogP contribution in [-0.4, -0.2) is 35.9 Å². The molecule has 1 amide bonds. The molecule has 0 spiro atoms. The lowest BCUT2D eigenvalue weighted by atomic mass is 10.1. The summed E-state index contributed by atoms with van der Waals surface area (Å²) in [6.45, 7) is 0. The molecule has 26 heavy (non-hydrogen) atoms. The molecule has 2 aromatic carbocycles. The number of benzene rings is 2. The average molecular weight is 345 g/mol. The van der Waals surface area contributed by atoms with Crippen LogP contribution in [0.3, 0.4) is 0 Å². The summed E-state index contributed by atoms with van der Waals surface area (Å²) in [4.78, 5) is 12.2. The van der Waals surface area contributed by atoms with Gasteiger partial charge in [0, 0.05) is 18.1 Å². The molecule has 0 aliphatic heterocycles. The van der Waals surface area contributed by atoms with Crippen molar-refractivity contribution in [1.82, 2.24) is 30.0 Å². The Bertz CT molecular complexity index is 893. The van der Waals surface area contributed by atoms with E-state index in [0.29, 0.717) is 0 Å². The number of aromatic nitrogens is 6. The van der Waals surface area contributed by atoms with Gasteiger partial charge in [0.15, 0.2) is 0 Å². The highest BCUT2D eigenvalue weighted by atomic mass is 16.1. The van der Waals surface area contributed by atoms with Gasteiger partial charge in [-0.1, -0.05) is 12.1 Å². The summed E-state index contributed by atoms with van der Waals surface area (Å²) in [6.07, 6.45) is 5.40. The van der Waals surface area contributed by atoms with Crippen LogP contribution in [0.25, 0.3) is 11.4 Å². The number of carbonyl (C=O) groups excluding carboxylic acids is 1. The summed E-state index contributed by atoms with van der Waals surface area (Å²) in [7, 11) is 0. The summed E-state index contributed by atoms with van der Waals surface area (Å²) in [5.74, 6) is -0.0768. The summed E-state index contributed by atoms with van der Waals surface area (Å²) in [6, 6.07) is 16.9. The summed E-state index contributed by atoms with van der Waals surface area (Å²) in [5, 5.41) is 18.1. The van der Waals surface area contributed by atoms with Crippen molar-refractivity contribution in [3.63, 3.8) is 0 Å². The van der Waals surface area contributed by atoms with Crippen molar-refractivity contribution < 1.29 is 4.79 Å². The first kappa shape index (κ1) is 15.7. The Morgan fingerprint density at radius 1 is 0.962 bits per heavy atom. The van der Waals surface area contributed by atoms with E-state index in [4.69, 9.17) is 0 Å². The minimum absolute atomic E-state index is 0.0768. The fourth-order valence-corrected chi connectivity index (χ4v) is 2.56. The van der Waals surface area contributed by atoms with Crippen molar-refractivity contribution in [2.24, 2.45) is 0 Å². The number of amides is 1. The van der Waals surface area contributed by atoms with Gasteiger partial charge < -0.3 is 5.32 Å². The van der Waals surface area contributed by atoms with E-state index in [9.17, 15) is 4.79 Å². The highest BCUT2D eigenvalue weighted by molar-refractivity contribution is 5.92. The van der Waals surface area contributed by atoms with Crippen molar-refractivity contribution in [1.29, 1.82) is 0 Å². The minimum atomic E-state index is -0.0768. The molecule has 2 heterocycles. The fourth-order valence-electron chi connectivity index (χ4n) is 2.56. The predicted octanol–water partition coefficient (Wildman–Crippen LogP) is 2.03. The highest BCUT2D eigenvalue weighted by Gasteiger charge is 2.06. The van der Waals surface area contributed by atoms with Crippen LogP contribution in [0.1, 0.15) is 5.56 Å². The molecule has 0 radical (unpaired) electrons. The monoisotopic (exact) mass is 345 g/mol. The van der Waals surface area contributed by atoms with Gasteiger partial charge in [-0.05, 0) is 58.5 Å². The number of nitrogens with one attached hydrogen (secondary N) is 1. The molecule has 4 aromatic rings. The maximum absolute atomic E-state index is 12.2. The largest absolute Gasteiger partial charge is 0.326 e. The number of nitrogens with zero attached hydrogens (tertiary/aromatic N) is 6. The van der Waals surface area contributed by atoms with E-state index in [-0.39, 0.29) is 12.3 Å². The van der Waals surface area contributed by atoms with Crippen molar-refractivity contribution in [2.75, 3.05) is 5.32 Å². The highest BCUT2D eigenvalue weighted by Crippen LogP contribution is 2.14. The van der Waals surface area contributed by atoms with Gasteiger partial charge in [0.1, 0.15) is 6.33 Å². The number of tetrazole rings is 1. The van der Waals surface area contributed by atoms with E-state index in [1.54, 1.807) is 15.6 Å². The van der Waals surface area contributed by atoms with Gasteiger partial charge in [-0.25, -0.2) is 9.36 Å². The first-order chi connectivity index (χ1) is 12.8. The molecular formula is C18H15N7O. The third kappa shape index (κ3) is 3.48. The van der Waals surface area contributed by atoms with Gasteiger partial charge in [0.25, 0.3) is 0 Å². The summed E-state index contributed by atoms with van der Waals surface area (Å²) < 4.78 is 3.32. The third-order valence-electron chi connectivity index (χ3n) is 3.83.